The van der Waals surface area contributed by atoms with Crippen LogP contribution in [-0.4, -0.2) is 8.07 Å². The van der Waals surface area contributed by atoms with Crippen LogP contribution in [0.3, 0.4) is 0 Å². The van der Waals surface area contributed by atoms with Crippen molar-refractivity contribution in [1.82, 2.24) is 0 Å². The predicted octanol–water partition coefficient (Wildman–Crippen LogP) is 6.31. The van der Waals surface area contributed by atoms with E-state index in [0.29, 0.717) is 0 Å². The Bertz CT molecular complexity index is 836. The van der Waals surface area contributed by atoms with Crippen LogP contribution in [0.4, 0.5) is 0 Å². The molecule has 0 N–H and O–H groups in total. The molecule has 0 spiro atoms. The third-order valence-electron chi connectivity index (χ3n) is 7.39. The monoisotopic (exact) mass is 358 g/mol. The van der Waals surface area contributed by atoms with Crippen molar-refractivity contribution in [2.75, 3.05) is 0 Å². The van der Waals surface area contributed by atoms with Gasteiger partial charge in [-0.25, -0.2) is 0 Å². The molecule has 0 nitrogen and oxygen atoms in total. The Morgan fingerprint density at radius 2 is 1.73 bits per heavy atom. The van der Waals surface area contributed by atoms with Crippen LogP contribution in [0.25, 0.3) is 0 Å². The summed E-state index contributed by atoms with van der Waals surface area (Å²) in [5, 5.41) is 5.15. The van der Waals surface area contributed by atoms with Crippen molar-refractivity contribution in [1.29, 1.82) is 0 Å². The number of allylic oxidation sites excluding steroid dienone is 8. The van der Waals surface area contributed by atoms with E-state index in [1.165, 1.54) is 57.8 Å². The first-order valence-electron chi connectivity index (χ1n) is 10.7. The molecular weight excluding hydrogens is 328 g/mol. The van der Waals surface area contributed by atoms with E-state index < -0.39 is 8.07 Å². The van der Waals surface area contributed by atoms with Crippen LogP contribution in [0.15, 0.2) is 75.7 Å². The maximum Gasteiger partial charge on any atom is 0.145 e. The van der Waals surface area contributed by atoms with E-state index in [9.17, 15) is 0 Å². The molecule has 2 unspecified atom stereocenters. The van der Waals surface area contributed by atoms with Crippen LogP contribution in [0.5, 0.6) is 0 Å². The second kappa shape index (κ2) is 6.53. The zero-order valence-corrected chi connectivity index (χ0v) is 17.1. The van der Waals surface area contributed by atoms with Crippen molar-refractivity contribution in [2.24, 2.45) is 5.92 Å². The first kappa shape index (κ1) is 16.6. The van der Waals surface area contributed by atoms with Gasteiger partial charge in [-0.05, 0) is 68.0 Å². The second-order valence-electron chi connectivity index (χ2n) is 8.75. The molecule has 0 heterocycles. The highest BCUT2D eigenvalue weighted by Gasteiger charge is 2.44. The molecule has 26 heavy (non-hydrogen) atoms. The maximum absolute atomic E-state index is 2.66. The van der Waals surface area contributed by atoms with Crippen LogP contribution in [0, 0.1) is 5.92 Å². The van der Waals surface area contributed by atoms with Gasteiger partial charge in [-0.2, -0.15) is 0 Å². The van der Waals surface area contributed by atoms with Gasteiger partial charge >= 0.3 is 0 Å². The summed E-state index contributed by atoms with van der Waals surface area (Å²) in [6, 6.07) is 11.5. The van der Waals surface area contributed by atoms with Gasteiger partial charge in [0.25, 0.3) is 0 Å². The molecule has 0 amide bonds. The normalized spacial score (nSPS) is 27.3. The van der Waals surface area contributed by atoms with E-state index in [4.69, 9.17) is 0 Å². The van der Waals surface area contributed by atoms with Crippen LogP contribution in [0.2, 0.25) is 6.55 Å². The summed E-state index contributed by atoms with van der Waals surface area (Å²) >= 11 is 0. The van der Waals surface area contributed by atoms with Crippen LogP contribution in [-0.2, 0) is 0 Å². The minimum absolute atomic E-state index is 0.746. The number of hydrogen-bond donors (Lipinski definition) is 0. The lowest BCUT2D eigenvalue weighted by Gasteiger charge is -2.36. The smallest absolute Gasteiger partial charge is 0.0801 e. The van der Waals surface area contributed by atoms with Crippen LogP contribution in [0.1, 0.15) is 57.8 Å². The molecule has 2 atom stereocenters. The fourth-order valence-electron chi connectivity index (χ4n) is 5.99. The highest BCUT2D eigenvalue weighted by molar-refractivity contribution is 7.03. The van der Waals surface area contributed by atoms with Crippen molar-refractivity contribution in [3.05, 3.63) is 75.7 Å². The van der Waals surface area contributed by atoms with Gasteiger partial charge in [-0.1, -0.05) is 83.1 Å². The topological polar surface area (TPSA) is 0 Å². The molecule has 1 saturated carbocycles. The van der Waals surface area contributed by atoms with Gasteiger partial charge in [0.15, 0.2) is 0 Å². The third kappa shape index (κ3) is 2.47. The Hall–Kier alpha value is -1.60. The van der Waals surface area contributed by atoms with E-state index in [1.54, 1.807) is 32.3 Å². The van der Waals surface area contributed by atoms with E-state index >= 15 is 0 Å². The Morgan fingerprint density at radius 1 is 0.923 bits per heavy atom. The van der Waals surface area contributed by atoms with Gasteiger partial charge in [-0.15, -0.1) is 0 Å². The summed E-state index contributed by atoms with van der Waals surface area (Å²) < 4.78 is 0. The molecule has 0 radical (unpaired) electrons. The zero-order chi connectivity index (χ0) is 17.6. The lowest BCUT2D eigenvalue weighted by molar-refractivity contribution is 0.524. The highest BCUT2D eigenvalue weighted by atomic mass is 28.3. The predicted molar refractivity (Wildman–Crippen MR) is 114 cm³/mol. The lowest BCUT2D eigenvalue weighted by atomic mass is 9.87. The Labute approximate surface area is 159 Å². The number of rotatable bonds is 3. The second-order valence-corrected chi connectivity index (χ2v) is 12.7. The van der Waals surface area contributed by atoms with Gasteiger partial charge < -0.3 is 0 Å². The zero-order valence-electron chi connectivity index (χ0n) is 16.1. The van der Waals surface area contributed by atoms with Gasteiger partial charge in [0.2, 0.25) is 0 Å². The largest absolute Gasteiger partial charge is 0.145 e. The van der Waals surface area contributed by atoms with E-state index in [0.717, 1.165) is 5.92 Å². The molecule has 1 heteroatoms. The Morgan fingerprint density at radius 3 is 2.62 bits per heavy atom. The molecule has 1 aromatic rings. The summed E-state index contributed by atoms with van der Waals surface area (Å²) in [5.74, 6) is 0.746. The van der Waals surface area contributed by atoms with Crippen LogP contribution < -0.4 is 5.19 Å². The standard InChI is InChI=1S/C25H30Si/c1-26(21-11-3-2-4-12-21,24-17-15-19-9-5-7-13-22(19)24)25-18-16-20-10-6-8-14-23(20)25/h2-4,11-12,15,17-19H,5-10,13-14,16H2,1H3. The SMILES string of the molecule is C[Si](C1=CCC2=C1CCCC2)(C1=C2CCCCC2C=C1)c1ccccc1. The van der Waals surface area contributed by atoms with E-state index in [1.807, 2.05) is 0 Å². The molecular formula is C25H30Si. The maximum atomic E-state index is 2.66. The third-order valence-corrected chi connectivity index (χ3v) is 12.0. The molecule has 0 saturated heterocycles. The summed E-state index contributed by atoms with van der Waals surface area (Å²) in [5.41, 5.74) is 5.35. The first-order chi connectivity index (χ1) is 12.8. The molecule has 1 aromatic carbocycles. The van der Waals surface area contributed by atoms with Crippen molar-refractivity contribution < 1.29 is 0 Å². The summed E-state index contributed by atoms with van der Waals surface area (Å²) in [6.45, 7) is 2.66. The average molecular weight is 359 g/mol. The minimum atomic E-state index is -1.88. The summed E-state index contributed by atoms with van der Waals surface area (Å²) in [7, 11) is -1.88. The molecule has 0 aromatic heterocycles. The lowest BCUT2D eigenvalue weighted by Crippen LogP contribution is -2.49. The van der Waals surface area contributed by atoms with Gasteiger partial charge in [-0.3, -0.25) is 0 Å². The van der Waals surface area contributed by atoms with Crippen molar-refractivity contribution >= 4 is 13.3 Å². The van der Waals surface area contributed by atoms with Crippen molar-refractivity contribution in [3.63, 3.8) is 0 Å². The highest BCUT2D eigenvalue weighted by Crippen LogP contribution is 2.47. The Balaban J connectivity index is 1.69. The van der Waals surface area contributed by atoms with Gasteiger partial charge in [0.1, 0.15) is 8.07 Å². The molecule has 5 rings (SSSR count). The van der Waals surface area contributed by atoms with E-state index in [-0.39, 0.29) is 0 Å². The Kier molecular flexibility index (Phi) is 4.16. The molecule has 0 bridgehead atoms. The number of benzene rings is 1. The molecule has 4 aliphatic carbocycles. The fraction of sp³-hybridized carbons (Fsp3) is 0.440. The molecule has 4 aliphatic rings. The van der Waals surface area contributed by atoms with E-state index in [2.05, 4.69) is 55.1 Å². The first-order valence-corrected chi connectivity index (χ1v) is 13.2. The molecule has 0 aliphatic heterocycles. The number of fused-ring (bicyclic) bond motifs is 1. The fourth-order valence-corrected chi connectivity index (χ4v) is 10.6. The summed E-state index contributed by atoms with van der Waals surface area (Å²) in [6.07, 6.45) is 20.0. The minimum Gasteiger partial charge on any atom is -0.0801 e. The van der Waals surface area contributed by atoms with Crippen molar-refractivity contribution in [3.8, 4) is 0 Å². The molecule has 134 valence electrons. The van der Waals surface area contributed by atoms with Gasteiger partial charge in [0.05, 0.1) is 0 Å². The summed E-state index contributed by atoms with van der Waals surface area (Å²) in [4.78, 5) is 0. The number of hydrogen-bond acceptors (Lipinski definition) is 0. The molecule has 1 fully saturated rings. The van der Waals surface area contributed by atoms with Gasteiger partial charge in [0, 0.05) is 0 Å². The quantitative estimate of drug-likeness (QED) is 0.556. The average Bonchev–Trinajstić information content (AvgIpc) is 3.33. The van der Waals surface area contributed by atoms with Crippen LogP contribution >= 0.6 is 0 Å². The van der Waals surface area contributed by atoms with Crippen molar-refractivity contribution in [2.45, 2.75) is 64.3 Å².